The van der Waals surface area contributed by atoms with E-state index in [9.17, 15) is 10.1 Å². The highest BCUT2D eigenvalue weighted by Crippen LogP contribution is 2.27. The van der Waals surface area contributed by atoms with Gasteiger partial charge in [0, 0.05) is 36.4 Å². The van der Waals surface area contributed by atoms with Gasteiger partial charge in [0.15, 0.2) is 0 Å². The second kappa shape index (κ2) is 6.81. The van der Waals surface area contributed by atoms with Crippen LogP contribution in [0.2, 0.25) is 0 Å². The van der Waals surface area contributed by atoms with Crippen LogP contribution in [0.3, 0.4) is 0 Å². The number of hydrogen-bond acceptors (Lipinski definition) is 5. The molecule has 0 aromatic carbocycles. The van der Waals surface area contributed by atoms with Crippen molar-refractivity contribution in [1.82, 2.24) is 4.98 Å². The second-order valence-corrected chi connectivity index (χ2v) is 5.79. The maximum absolute atomic E-state index is 11.0. The molecule has 0 spiro atoms. The number of aromatic nitrogens is 1. The Morgan fingerprint density at radius 3 is 2.74 bits per heavy atom. The zero-order valence-electron chi connectivity index (χ0n) is 11.3. The first-order valence-electron chi connectivity index (χ1n) is 6.09. The van der Waals surface area contributed by atoms with Gasteiger partial charge in [0.25, 0.3) is 0 Å². The van der Waals surface area contributed by atoms with E-state index in [4.69, 9.17) is 5.73 Å². The van der Waals surface area contributed by atoms with Crippen LogP contribution in [0.4, 0.5) is 11.5 Å². The molecule has 7 heteroatoms. The molecular formula is C12H19BrN4O2. The second-order valence-electron chi connectivity index (χ2n) is 4.87. The van der Waals surface area contributed by atoms with E-state index < -0.39 is 4.92 Å². The minimum absolute atomic E-state index is 0.00464. The third kappa shape index (κ3) is 4.43. The van der Waals surface area contributed by atoms with Crippen LogP contribution in [0, 0.1) is 16.0 Å². The fourth-order valence-corrected chi connectivity index (χ4v) is 1.95. The predicted octanol–water partition coefficient (Wildman–Crippen LogP) is 2.56. The van der Waals surface area contributed by atoms with Crippen molar-refractivity contribution in [3.8, 4) is 0 Å². The van der Waals surface area contributed by atoms with E-state index in [1.165, 1.54) is 6.07 Å². The molecule has 0 radical (unpaired) electrons. The third-order valence-corrected chi connectivity index (χ3v) is 3.46. The largest absolute Gasteiger partial charge is 0.354 e. The van der Waals surface area contributed by atoms with Gasteiger partial charge in [-0.2, -0.15) is 0 Å². The molecule has 0 fully saturated rings. The first-order chi connectivity index (χ1) is 8.82. The van der Waals surface area contributed by atoms with E-state index >= 15 is 0 Å². The summed E-state index contributed by atoms with van der Waals surface area (Å²) in [6, 6.07) is 1.54. The van der Waals surface area contributed by atoms with E-state index in [2.05, 4.69) is 34.8 Å². The number of anilines is 1. The minimum atomic E-state index is -0.425. The average molecular weight is 331 g/mol. The summed E-state index contributed by atoms with van der Waals surface area (Å²) in [4.78, 5) is 16.5. The topological polar surface area (TPSA) is 85.3 Å². The van der Waals surface area contributed by atoms with Gasteiger partial charge >= 0.3 is 5.69 Å². The van der Waals surface area contributed by atoms with Crippen LogP contribution in [0.25, 0.3) is 0 Å². The summed E-state index contributed by atoms with van der Waals surface area (Å²) in [5.74, 6) is 0.755. The number of rotatable bonds is 6. The number of halogens is 1. The van der Waals surface area contributed by atoms with Gasteiger partial charge in [-0.1, -0.05) is 13.8 Å². The Balaban J connectivity index is 2.82. The van der Waals surface area contributed by atoms with Crippen molar-refractivity contribution in [2.24, 2.45) is 11.7 Å². The molecule has 0 aliphatic heterocycles. The van der Waals surface area contributed by atoms with Crippen molar-refractivity contribution in [2.75, 3.05) is 18.5 Å². The standard InChI is InChI=1S/C12H19BrN4O2/c1-8(2)10(14)4-5-16(3)12-11(17(18)19)6-9(13)7-15-12/h6-8,10H,4-5,14H2,1-3H3. The van der Waals surface area contributed by atoms with Crippen molar-refractivity contribution in [3.05, 3.63) is 26.9 Å². The third-order valence-electron chi connectivity index (χ3n) is 3.03. The zero-order chi connectivity index (χ0) is 14.6. The quantitative estimate of drug-likeness (QED) is 0.640. The van der Waals surface area contributed by atoms with Crippen LogP contribution in [-0.2, 0) is 0 Å². The van der Waals surface area contributed by atoms with E-state index in [1.54, 1.807) is 18.1 Å². The van der Waals surface area contributed by atoms with Crippen molar-refractivity contribution in [2.45, 2.75) is 26.3 Å². The molecule has 1 aromatic rings. The number of nitrogens with two attached hydrogens (primary N) is 1. The molecule has 0 amide bonds. The highest BCUT2D eigenvalue weighted by molar-refractivity contribution is 9.10. The van der Waals surface area contributed by atoms with Gasteiger partial charge < -0.3 is 10.6 Å². The lowest BCUT2D eigenvalue weighted by atomic mass is 10.0. The number of pyridine rings is 1. The van der Waals surface area contributed by atoms with Gasteiger partial charge in [-0.05, 0) is 28.3 Å². The Morgan fingerprint density at radius 2 is 2.21 bits per heavy atom. The molecule has 0 aliphatic rings. The van der Waals surface area contributed by atoms with Crippen LogP contribution in [0.5, 0.6) is 0 Å². The first-order valence-corrected chi connectivity index (χ1v) is 6.89. The van der Waals surface area contributed by atoms with Gasteiger partial charge in [0.05, 0.1) is 4.92 Å². The lowest BCUT2D eigenvalue weighted by Gasteiger charge is -2.22. The molecular weight excluding hydrogens is 312 g/mol. The molecule has 1 unspecified atom stereocenters. The molecule has 106 valence electrons. The molecule has 0 bridgehead atoms. The Morgan fingerprint density at radius 1 is 1.58 bits per heavy atom. The maximum Gasteiger partial charge on any atom is 0.312 e. The summed E-state index contributed by atoms with van der Waals surface area (Å²) in [6.45, 7) is 4.75. The SMILES string of the molecule is CC(C)C(N)CCN(C)c1ncc(Br)cc1[N+](=O)[O-]. The van der Waals surface area contributed by atoms with Crippen molar-refractivity contribution >= 4 is 27.4 Å². The van der Waals surface area contributed by atoms with Gasteiger partial charge in [0.1, 0.15) is 0 Å². The molecule has 1 aromatic heterocycles. The molecule has 0 aliphatic carbocycles. The Labute approximate surface area is 121 Å². The summed E-state index contributed by atoms with van der Waals surface area (Å²) in [5.41, 5.74) is 5.97. The highest BCUT2D eigenvalue weighted by Gasteiger charge is 2.20. The molecule has 1 heterocycles. The van der Waals surface area contributed by atoms with E-state index in [0.29, 0.717) is 22.8 Å². The van der Waals surface area contributed by atoms with Crippen molar-refractivity contribution in [1.29, 1.82) is 0 Å². The molecule has 19 heavy (non-hydrogen) atoms. The first kappa shape index (κ1) is 15.8. The fourth-order valence-electron chi connectivity index (χ4n) is 1.63. The van der Waals surface area contributed by atoms with Gasteiger partial charge in [-0.15, -0.1) is 0 Å². The fraction of sp³-hybridized carbons (Fsp3) is 0.583. The monoisotopic (exact) mass is 330 g/mol. The lowest BCUT2D eigenvalue weighted by Crippen LogP contribution is -2.32. The average Bonchev–Trinajstić information content (AvgIpc) is 2.35. The van der Waals surface area contributed by atoms with Gasteiger partial charge in [-0.25, -0.2) is 4.98 Å². The lowest BCUT2D eigenvalue weighted by molar-refractivity contribution is -0.384. The van der Waals surface area contributed by atoms with E-state index in [-0.39, 0.29) is 11.7 Å². The van der Waals surface area contributed by atoms with E-state index in [0.717, 1.165) is 6.42 Å². The molecule has 1 atom stereocenters. The Kier molecular flexibility index (Phi) is 5.68. The number of nitro groups is 1. The summed E-state index contributed by atoms with van der Waals surface area (Å²) in [5, 5.41) is 11.0. The number of nitrogens with zero attached hydrogens (tertiary/aromatic N) is 3. The molecule has 0 saturated heterocycles. The summed E-state index contributed by atoms with van der Waals surface area (Å²) in [7, 11) is 1.79. The zero-order valence-corrected chi connectivity index (χ0v) is 12.9. The van der Waals surface area contributed by atoms with Crippen LogP contribution >= 0.6 is 15.9 Å². The van der Waals surface area contributed by atoms with Crippen LogP contribution in [0.1, 0.15) is 20.3 Å². The van der Waals surface area contributed by atoms with Crippen molar-refractivity contribution in [3.63, 3.8) is 0 Å². The highest BCUT2D eigenvalue weighted by atomic mass is 79.9. The van der Waals surface area contributed by atoms with Crippen LogP contribution in [0.15, 0.2) is 16.7 Å². The van der Waals surface area contributed by atoms with Crippen LogP contribution in [-0.4, -0.2) is 29.5 Å². The Bertz CT molecular complexity index is 453. The smallest absolute Gasteiger partial charge is 0.312 e. The molecule has 2 N–H and O–H groups in total. The molecule has 0 saturated carbocycles. The normalized spacial score (nSPS) is 12.5. The van der Waals surface area contributed by atoms with E-state index in [1.807, 2.05) is 0 Å². The summed E-state index contributed by atoms with van der Waals surface area (Å²) in [6.07, 6.45) is 2.32. The summed E-state index contributed by atoms with van der Waals surface area (Å²) >= 11 is 3.19. The number of hydrogen-bond donors (Lipinski definition) is 1. The van der Waals surface area contributed by atoms with Crippen LogP contribution < -0.4 is 10.6 Å². The van der Waals surface area contributed by atoms with Gasteiger partial charge in [0.2, 0.25) is 5.82 Å². The van der Waals surface area contributed by atoms with Crippen molar-refractivity contribution < 1.29 is 4.92 Å². The van der Waals surface area contributed by atoms with Gasteiger partial charge in [-0.3, -0.25) is 10.1 Å². The minimum Gasteiger partial charge on any atom is -0.354 e. The molecule has 6 nitrogen and oxygen atoms in total. The maximum atomic E-state index is 11.0. The molecule has 1 rings (SSSR count). The predicted molar refractivity (Wildman–Crippen MR) is 79.3 cm³/mol. The Hall–Kier alpha value is -1.21. The summed E-state index contributed by atoms with van der Waals surface area (Å²) < 4.78 is 0.593.